The van der Waals surface area contributed by atoms with E-state index in [-0.39, 0.29) is 5.69 Å². The summed E-state index contributed by atoms with van der Waals surface area (Å²) in [5, 5.41) is 3.95. The van der Waals surface area contributed by atoms with E-state index in [2.05, 4.69) is 5.10 Å². The molecule has 0 aliphatic heterocycles. The Morgan fingerprint density at radius 2 is 2.00 bits per heavy atom. The Morgan fingerprint density at radius 1 is 1.32 bits per heavy atom. The van der Waals surface area contributed by atoms with E-state index < -0.39 is 17.5 Å². The number of nitrogens with zero attached hydrogens (tertiary/aromatic N) is 2. The second kappa shape index (κ2) is 4.95. The fourth-order valence-corrected chi connectivity index (χ4v) is 2.12. The van der Waals surface area contributed by atoms with E-state index in [0.29, 0.717) is 5.69 Å². The molecule has 0 amide bonds. The van der Waals surface area contributed by atoms with E-state index in [0.717, 1.165) is 3.57 Å². The number of ketones is 1. The summed E-state index contributed by atoms with van der Waals surface area (Å²) in [6, 6.07) is 5.79. The summed E-state index contributed by atoms with van der Waals surface area (Å²) < 4.78 is 39.8. The van der Waals surface area contributed by atoms with Gasteiger partial charge in [0.05, 0.1) is 11.3 Å². The third-order valence-corrected chi connectivity index (χ3v) is 3.19. The lowest BCUT2D eigenvalue weighted by Gasteiger charge is -2.12. The fourth-order valence-electron chi connectivity index (χ4n) is 1.65. The molecule has 0 spiro atoms. The molecule has 0 fully saturated rings. The molecule has 0 unspecified atom stereocenters. The van der Waals surface area contributed by atoms with Gasteiger partial charge in [0.15, 0.2) is 0 Å². The predicted octanol–water partition coefficient (Wildman–Crippen LogP) is 3.53. The number of hydrogen-bond acceptors (Lipinski definition) is 2. The molecule has 2 aromatic rings. The number of aromatic nitrogens is 2. The Labute approximate surface area is 120 Å². The summed E-state index contributed by atoms with van der Waals surface area (Å²) in [6.45, 7) is 1.70. The monoisotopic (exact) mass is 380 g/mol. The molecule has 100 valence electrons. The van der Waals surface area contributed by atoms with Gasteiger partial charge in [-0.25, -0.2) is 4.68 Å². The van der Waals surface area contributed by atoms with Gasteiger partial charge in [0.1, 0.15) is 0 Å². The van der Waals surface area contributed by atoms with Crippen LogP contribution in [0.1, 0.15) is 16.1 Å². The zero-order valence-electron chi connectivity index (χ0n) is 9.70. The van der Waals surface area contributed by atoms with Gasteiger partial charge < -0.3 is 0 Å². The van der Waals surface area contributed by atoms with Gasteiger partial charge in [-0.05, 0) is 53.8 Å². The smallest absolute Gasteiger partial charge is 0.284 e. The van der Waals surface area contributed by atoms with E-state index in [4.69, 9.17) is 0 Å². The Balaban J connectivity index is 2.64. The number of aryl methyl sites for hydroxylation is 1. The molecule has 19 heavy (non-hydrogen) atoms. The number of Topliss-reactive ketones (excluding diaryl/α,β-unsaturated/α-hetero) is 1. The topological polar surface area (TPSA) is 34.9 Å². The lowest BCUT2D eigenvalue weighted by Crippen LogP contribution is -2.24. The molecule has 0 aliphatic rings. The molecule has 2 rings (SSSR count). The quantitative estimate of drug-likeness (QED) is 0.590. The van der Waals surface area contributed by atoms with Gasteiger partial charge in [-0.1, -0.05) is 0 Å². The molecule has 0 saturated carbocycles. The van der Waals surface area contributed by atoms with Crippen molar-refractivity contribution in [2.75, 3.05) is 0 Å². The van der Waals surface area contributed by atoms with Crippen LogP contribution in [0, 0.1) is 10.5 Å². The van der Waals surface area contributed by atoms with Crippen LogP contribution >= 0.6 is 22.6 Å². The summed E-state index contributed by atoms with van der Waals surface area (Å²) >= 11 is 1.97. The second-order valence-corrected chi connectivity index (χ2v) is 5.12. The van der Waals surface area contributed by atoms with Crippen molar-refractivity contribution >= 4 is 28.4 Å². The van der Waals surface area contributed by atoms with Crippen molar-refractivity contribution in [1.29, 1.82) is 0 Å². The first-order chi connectivity index (χ1) is 8.80. The van der Waals surface area contributed by atoms with Gasteiger partial charge >= 0.3 is 6.18 Å². The molecule has 1 aromatic heterocycles. The van der Waals surface area contributed by atoms with Crippen LogP contribution in [0.3, 0.4) is 0 Å². The van der Waals surface area contributed by atoms with Gasteiger partial charge in [0.25, 0.3) is 5.78 Å². The number of carbonyl (C=O) groups excluding carboxylic acids is 1. The van der Waals surface area contributed by atoms with Crippen LogP contribution in [0.2, 0.25) is 0 Å². The standard InChI is InChI=1S/C12H8F3IN2O/c1-7-4-5-17-18(7)10-6-8(16)2-3-9(10)11(19)12(13,14)15/h2-6H,1H3. The largest absolute Gasteiger partial charge is 0.454 e. The van der Waals surface area contributed by atoms with Crippen LogP contribution in [-0.2, 0) is 0 Å². The van der Waals surface area contributed by atoms with Crippen LogP contribution in [-0.4, -0.2) is 21.7 Å². The lowest BCUT2D eigenvalue weighted by molar-refractivity contribution is -0.0885. The van der Waals surface area contributed by atoms with Crippen LogP contribution in [0.5, 0.6) is 0 Å². The van der Waals surface area contributed by atoms with Crippen molar-refractivity contribution < 1.29 is 18.0 Å². The second-order valence-electron chi connectivity index (χ2n) is 3.87. The highest BCUT2D eigenvalue weighted by Gasteiger charge is 2.40. The predicted molar refractivity (Wildman–Crippen MR) is 71.4 cm³/mol. The van der Waals surface area contributed by atoms with Crippen LogP contribution in [0.4, 0.5) is 13.2 Å². The highest BCUT2D eigenvalue weighted by molar-refractivity contribution is 14.1. The Kier molecular flexibility index (Phi) is 3.66. The first-order valence-electron chi connectivity index (χ1n) is 5.23. The average Bonchev–Trinajstić information content (AvgIpc) is 2.73. The highest BCUT2D eigenvalue weighted by Crippen LogP contribution is 2.27. The van der Waals surface area contributed by atoms with Crippen molar-refractivity contribution in [1.82, 2.24) is 9.78 Å². The van der Waals surface area contributed by atoms with Crippen molar-refractivity contribution in [2.24, 2.45) is 0 Å². The summed E-state index contributed by atoms with van der Waals surface area (Å²) in [7, 11) is 0. The van der Waals surface area contributed by atoms with Crippen LogP contribution in [0.15, 0.2) is 30.5 Å². The van der Waals surface area contributed by atoms with Gasteiger partial charge in [0.2, 0.25) is 0 Å². The molecule has 0 N–H and O–H groups in total. The molecular weight excluding hydrogens is 372 g/mol. The molecule has 0 radical (unpaired) electrons. The van der Waals surface area contributed by atoms with E-state index in [1.54, 1.807) is 13.0 Å². The van der Waals surface area contributed by atoms with E-state index >= 15 is 0 Å². The Bertz CT molecular complexity index is 634. The maximum atomic E-state index is 12.6. The van der Waals surface area contributed by atoms with Crippen molar-refractivity contribution in [3.8, 4) is 5.69 Å². The number of halogens is 4. The number of hydrogen-bond donors (Lipinski definition) is 0. The Hall–Kier alpha value is -1.38. The maximum absolute atomic E-state index is 12.6. The molecule has 0 bridgehead atoms. The highest BCUT2D eigenvalue weighted by atomic mass is 127. The molecule has 0 saturated heterocycles. The Morgan fingerprint density at radius 3 is 2.53 bits per heavy atom. The summed E-state index contributed by atoms with van der Waals surface area (Å²) in [6.07, 6.45) is -3.43. The minimum atomic E-state index is -4.90. The molecule has 7 heteroatoms. The van der Waals surface area contributed by atoms with Crippen molar-refractivity contribution in [3.63, 3.8) is 0 Å². The first kappa shape index (κ1) is 14.0. The van der Waals surface area contributed by atoms with E-state index in [9.17, 15) is 18.0 Å². The van der Waals surface area contributed by atoms with Gasteiger partial charge in [-0.2, -0.15) is 18.3 Å². The summed E-state index contributed by atoms with van der Waals surface area (Å²) in [5.74, 6) is -1.87. The third kappa shape index (κ3) is 2.80. The average molecular weight is 380 g/mol. The molecule has 1 heterocycles. The van der Waals surface area contributed by atoms with E-state index in [1.807, 2.05) is 22.6 Å². The summed E-state index contributed by atoms with van der Waals surface area (Å²) in [4.78, 5) is 11.4. The number of carbonyl (C=O) groups is 1. The van der Waals surface area contributed by atoms with Gasteiger partial charge in [0, 0.05) is 15.5 Å². The fraction of sp³-hybridized carbons (Fsp3) is 0.167. The number of rotatable bonds is 2. The number of alkyl halides is 3. The minimum absolute atomic E-state index is 0.136. The van der Waals surface area contributed by atoms with E-state index in [1.165, 1.54) is 29.1 Å². The van der Waals surface area contributed by atoms with Crippen LogP contribution < -0.4 is 0 Å². The normalized spacial score (nSPS) is 11.6. The molecule has 1 aromatic carbocycles. The minimum Gasteiger partial charge on any atom is -0.284 e. The zero-order valence-corrected chi connectivity index (χ0v) is 11.9. The SMILES string of the molecule is Cc1ccnn1-c1cc(I)ccc1C(=O)C(F)(F)F. The third-order valence-electron chi connectivity index (χ3n) is 2.52. The first-order valence-corrected chi connectivity index (χ1v) is 6.30. The molecule has 0 atom stereocenters. The zero-order chi connectivity index (χ0) is 14.2. The molecular formula is C12H8F3IN2O. The molecule has 3 nitrogen and oxygen atoms in total. The molecule has 0 aliphatic carbocycles. The van der Waals surface area contributed by atoms with Crippen molar-refractivity contribution in [2.45, 2.75) is 13.1 Å². The number of benzene rings is 1. The van der Waals surface area contributed by atoms with Gasteiger partial charge in [-0.3, -0.25) is 4.79 Å². The van der Waals surface area contributed by atoms with Crippen LogP contribution in [0.25, 0.3) is 5.69 Å². The summed E-state index contributed by atoms with van der Waals surface area (Å²) in [5.41, 5.74) is 0.384. The lowest BCUT2D eigenvalue weighted by atomic mass is 10.1. The van der Waals surface area contributed by atoms with Crippen molar-refractivity contribution in [3.05, 3.63) is 45.3 Å². The maximum Gasteiger partial charge on any atom is 0.454 e. The van der Waals surface area contributed by atoms with Gasteiger partial charge in [-0.15, -0.1) is 0 Å².